The molecule has 0 radical (unpaired) electrons. The van der Waals surface area contributed by atoms with Gasteiger partial charge in [0.2, 0.25) is 0 Å². The molecule has 320 valence electrons. The first kappa shape index (κ1) is 40.5. The predicted octanol–water partition coefficient (Wildman–Crippen LogP) is 15.7. The molecule has 0 saturated carbocycles. The van der Waals surface area contributed by atoms with Crippen molar-refractivity contribution in [3.05, 3.63) is 211 Å². The molecule has 66 heavy (non-hydrogen) atoms. The van der Waals surface area contributed by atoms with Crippen molar-refractivity contribution in [2.75, 3.05) is 9.80 Å². The maximum Gasteiger partial charge on any atom is 0.113 e. The van der Waals surface area contributed by atoms with Crippen molar-refractivity contribution in [2.24, 2.45) is 0 Å². The number of rotatable bonds is 7. The predicted molar refractivity (Wildman–Crippen MR) is 291 cm³/mol. The van der Waals surface area contributed by atoms with Gasteiger partial charge in [0.1, 0.15) is 8.07 Å². The Morgan fingerprint density at radius 2 is 0.924 bits per heavy atom. The van der Waals surface area contributed by atoms with E-state index in [0.29, 0.717) is 0 Å². The summed E-state index contributed by atoms with van der Waals surface area (Å²) in [7, 11) is -3.69. The van der Waals surface area contributed by atoms with Gasteiger partial charge in [0, 0.05) is 39.2 Å². The summed E-state index contributed by atoms with van der Waals surface area (Å²) in [5, 5.41) is 12.3. The largest absolute Gasteiger partial charge is 0.311 e. The molecule has 0 spiro atoms. The second-order valence-corrected chi connectivity index (χ2v) is 30.0. The van der Waals surface area contributed by atoms with Gasteiger partial charge in [-0.2, -0.15) is 0 Å². The van der Waals surface area contributed by atoms with Gasteiger partial charge in [0.15, 0.2) is 0 Å². The fraction of sp³-hybridized carbons (Fsp3) is 0.129. The lowest BCUT2D eigenvalue weighted by Gasteiger charge is -2.36. The van der Waals surface area contributed by atoms with Crippen molar-refractivity contribution in [1.29, 1.82) is 0 Å². The topological polar surface area (TPSA) is 6.48 Å². The quantitative estimate of drug-likeness (QED) is 0.116. The third-order valence-electron chi connectivity index (χ3n) is 15.0. The maximum atomic E-state index is 2.56. The third kappa shape index (κ3) is 6.12. The lowest BCUT2D eigenvalue weighted by atomic mass is 9.82. The molecule has 0 fully saturated rings. The highest BCUT2D eigenvalue weighted by atomic mass is 28.3. The Morgan fingerprint density at radius 3 is 1.64 bits per heavy atom. The van der Waals surface area contributed by atoms with Crippen molar-refractivity contribution < 1.29 is 0 Å². The number of para-hydroxylation sites is 2. The summed E-state index contributed by atoms with van der Waals surface area (Å²) >= 11 is 0. The molecular weight excluding hydrogens is 829 g/mol. The normalized spacial score (nSPS) is 14.2. The Labute approximate surface area is 391 Å². The highest BCUT2D eigenvalue weighted by Crippen LogP contribution is 2.52. The van der Waals surface area contributed by atoms with Crippen molar-refractivity contribution in [1.82, 2.24) is 0 Å². The van der Waals surface area contributed by atoms with Gasteiger partial charge in [-0.05, 0) is 143 Å². The van der Waals surface area contributed by atoms with E-state index in [-0.39, 0.29) is 5.41 Å². The first-order valence-electron chi connectivity index (χ1n) is 23.5. The molecule has 4 heteroatoms. The Kier molecular flexibility index (Phi) is 9.06. The van der Waals surface area contributed by atoms with Crippen LogP contribution in [-0.2, 0) is 5.41 Å². The maximum absolute atomic E-state index is 2.56. The van der Waals surface area contributed by atoms with Gasteiger partial charge in [0.05, 0.1) is 13.8 Å². The van der Waals surface area contributed by atoms with E-state index in [4.69, 9.17) is 0 Å². The van der Waals surface area contributed by atoms with Crippen molar-refractivity contribution in [3.8, 4) is 22.3 Å². The third-order valence-corrected chi connectivity index (χ3v) is 20.6. The molecule has 2 aliphatic rings. The average Bonchev–Trinajstić information content (AvgIpc) is 3.56. The van der Waals surface area contributed by atoms with E-state index in [1.807, 2.05) is 0 Å². The first-order chi connectivity index (χ1) is 31.9. The molecule has 0 N–H and O–H groups in total. The van der Waals surface area contributed by atoms with Crippen LogP contribution in [0, 0.1) is 0 Å². The summed E-state index contributed by atoms with van der Waals surface area (Å²) in [6.45, 7) is 17.1. The van der Waals surface area contributed by atoms with Gasteiger partial charge in [-0.25, -0.2) is 0 Å². The second-order valence-electron chi connectivity index (χ2n) is 20.6. The van der Waals surface area contributed by atoms with E-state index in [1.165, 1.54) is 110 Å². The molecular formula is C62H54N2Si2. The molecule has 0 bridgehead atoms. The highest BCUT2D eigenvalue weighted by Gasteiger charge is 2.38. The molecule has 1 heterocycles. The Balaban J connectivity index is 1.07. The summed E-state index contributed by atoms with van der Waals surface area (Å²) in [4.78, 5) is 4.95. The van der Waals surface area contributed by atoms with E-state index < -0.39 is 16.1 Å². The molecule has 0 atom stereocenters. The van der Waals surface area contributed by atoms with Gasteiger partial charge < -0.3 is 9.80 Å². The van der Waals surface area contributed by atoms with Crippen LogP contribution >= 0.6 is 0 Å². The van der Waals surface area contributed by atoms with E-state index in [0.717, 1.165) is 5.69 Å². The average molecular weight is 883 g/mol. The van der Waals surface area contributed by atoms with Crippen molar-refractivity contribution >= 4 is 98.1 Å². The van der Waals surface area contributed by atoms with Crippen LogP contribution in [0.4, 0.5) is 34.1 Å². The standard InChI is InChI=1S/C62H54N2Si2/c1-62(2)56-27-17-16-24-48(56)49-35-31-44(37-57(49)62)64(42-21-12-9-13-22-42)58-40-54-52-26-18-28-59-61(52)55(39-53(54)47-23-14-15-25-50(47)58)51-36-32-45(38-60(51)66(59,6)7)63(41-19-10-8-11-20-41)43-29-33-46(34-30-43)65(3,4)5/h8-40H,1-7H3. The van der Waals surface area contributed by atoms with Crippen molar-refractivity contribution in [3.63, 3.8) is 0 Å². The number of fused-ring (bicyclic) bond motifs is 9. The fourth-order valence-electron chi connectivity index (χ4n) is 11.5. The molecule has 12 rings (SSSR count). The van der Waals surface area contributed by atoms with Crippen LogP contribution in [0.25, 0.3) is 54.6 Å². The Hall–Kier alpha value is -6.99. The zero-order valence-electron chi connectivity index (χ0n) is 38.9. The molecule has 0 saturated heterocycles. The number of benzene rings is 10. The molecule has 1 aliphatic carbocycles. The number of anilines is 6. The van der Waals surface area contributed by atoms with E-state index >= 15 is 0 Å². The molecule has 10 aromatic carbocycles. The van der Waals surface area contributed by atoms with Crippen LogP contribution in [-0.4, -0.2) is 16.1 Å². The molecule has 0 unspecified atom stereocenters. The molecule has 1 aliphatic heterocycles. The second kappa shape index (κ2) is 14.8. The van der Waals surface area contributed by atoms with Gasteiger partial charge in [0.25, 0.3) is 0 Å². The summed E-state index contributed by atoms with van der Waals surface area (Å²) < 4.78 is 0. The van der Waals surface area contributed by atoms with E-state index in [1.54, 1.807) is 0 Å². The van der Waals surface area contributed by atoms with Gasteiger partial charge in [-0.3, -0.25) is 0 Å². The zero-order chi connectivity index (χ0) is 45.1. The van der Waals surface area contributed by atoms with Crippen LogP contribution in [0.1, 0.15) is 25.0 Å². The first-order valence-corrected chi connectivity index (χ1v) is 30.0. The molecule has 0 amide bonds. The summed E-state index contributed by atoms with van der Waals surface area (Å²) in [5.74, 6) is 0. The molecule has 2 nitrogen and oxygen atoms in total. The van der Waals surface area contributed by atoms with E-state index in [9.17, 15) is 0 Å². The Morgan fingerprint density at radius 1 is 0.379 bits per heavy atom. The van der Waals surface area contributed by atoms with Crippen LogP contribution in [0.3, 0.4) is 0 Å². The number of nitrogens with zero attached hydrogens (tertiary/aromatic N) is 2. The monoisotopic (exact) mass is 882 g/mol. The van der Waals surface area contributed by atoms with Crippen LogP contribution in [0.5, 0.6) is 0 Å². The minimum atomic E-state index is -2.24. The van der Waals surface area contributed by atoms with Crippen LogP contribution in [0.15, 0.2) is 200 Å². The molecule has 10 aromatic rings. The van der Waals surface area contributed by atoms with E-state index in [2.05, 4.69) is 257 Å². The summed E-state index contributed by atoms with van der Waals surface area (Å²) in [6, 6.07) is 75.9. The lowest BCUT2D eigenvalue weighted by molar-refractivity contribution is 0.660. The van der Waals surface area contributed by atoms with Gasteiger partial charge >= 0.3 is 0 Å². The van der Waals surface area contributed by atoms with Gasteiger partial charge in [-0.1, -0.05) is 179 Å². The zero-order valence-corrected chi connectivity index (χ0v) is 40.9. The fourth-order valence-corrected chi connectivity index (χ4v) is 15.8. The smallest absolute Gasteiger partial charge is 0.113 e. The highest BCUT2D eigenvalue weighted by molar-refractivity contribution is 7.03. The van der Waals surface area contributed by atoms with Crippen LogP contribution < -0.4 is 25.4 Å². The van der Waals surface area contributed by atoms with Gasteiger partial charge in [-0.15, -0.1) is 0 Å². The summed E-state index contributed by atoms with van der Waals surface area (Å²) in [6.07, 6.45) is 0. The van der Waals surface area contributed by atoms with Crippen molar-refractivity contribution in [2.45, 2.75) is 52.0 Å². The number of hydrogen-bond acceptors (Lipinski definition) is 2. The number of hydrogen-bond donors (Lipinski definition) is 0. The van der Waals surface area contributed by atoms with Crippen LogP contribution in [0.2, 0.25) is 32.7 Å². The summed E-state index contributed by atoms with van der Waals surface area (Å²) in [5.41, 5.74) is 15.1. The Bertz CT molecular complexity index is 3570. The SMILES string of the molecule is CC1(C)c2ccccc2-c2ccc(N(c3ccccc3)c3cc4c5cccc6c5c(cc4c4ccccc34)-c3ccc(N(c4ccccc4)c4ccc([Si](C)(C)C)cc4)cc3[Si]6(C)C)cc21. The minimum absolute atomic E-state index is 0.112. The molecule has 0 aromatic heterocycles. The minimum Gasteiger partial charge on any atom is -0.311 e. The lowest BCUT2D eigenvalue weighted by Crippen LogP contribution is -2.56.